The Balaban J connectivity index is 1.97. The molecule has 2 aromatic rings. The third kappa shape index (κ3) is 3.76. The van der Waals surface area contributed by atoms with Gasteiger partial charge in [0, 0.05) is 21.9 Å². The standard InChI is InChI=1S/C18H14BrF2N3OS/c1-9-15(17(25)23-10-6-7-13(20)14(21)8-10)16(24-18(26)22-9)11-4-2-3-5-12(11)19/h2-8,16H,1H3,(H,23,25)(H2,22,24,26). The Bertz CT molecular complexity index is 932. The number of benzene rings is 2. The molecule has 1 aliphatic heterocycles. The van der Waals surface area contributed by atoms with Gasteiger partial charge in [0.1, 0.15) is 0 Å². The van der Waals surface area contributed by atoms with E-state index < -0.39 is 23.6 Å². The molecule has 26 heavy (non-hydrogen) atoms. The normalized spacial score (nSPS) is 16.8. The number of rotatable bonds is 3. The van der Waals surface area contributed by atoms with Crippen molar-refractivity contribution in [1.82, 2.24) is 10.6 Å². The SMILES string of the molecule is CC1=C(C(=O)Nc2ccc(F)c(F)c2)C(c2ccccc2Br)NC(=S)N1. The summed E-state index contributed by atoms with van der Waals surface area (Å²) < 4.78 is 27.3. The number of hydrogen-bond donors (Lipinski definition) is 3. The van der Waals surface area contributed by atoms with Gasteiger partial charge in [0.05, 0.1) is 11.6 Å². The van der Waals surface area contributed by atoms with Crippen molar-refractivity contribution in [2.45, 2.75) is 13.0 Å². The molecule has 134 valence electrons. The van der Waals surface area contributed by atoms with Crippen molar-refractivity contribution < 1.29 is 13.6 Å². The minimum atomic E-state index is -1.03. The highest BCUT2D eigenvalue weighted by Gasteiger charge is 2.31. The molecule has 8 heteroatoms. The van der Waals surface area contributed by atoms with Gasteiger partial charge < -0.3 is 16.0 Å². The molecule has 0 saturated heterocycles. The highest BCUT2D eigenvalue weighted by Crippen LogP contribution is 2.32. The zero-order valence-corrected chi connectivity index (χ0v) is 16.0. The Morgan fingerprint density at radius 2 is 1.92 bits per heavy atom. The summed E-state index contributed by atoms with van der Waals surface area (Å²) in [4.78, 5) is 12.9. The first-order chi connectivity index (χ1) is 12.4. The molecule has 0 aromatic heterocycles. The van der Waals surface area contributed by atoms with Crippen LogP contribution in [0.1, 0.15) is 18.5 Å². The molecule has 0 saturated carbocycles. The highest BCUT2D eigenvalue weighted by atomic mass is 79.9. The Labute approximate surface area is 162 Å². The van der Waals surface area contributed by atoms with Gasteiger partial charge in [-0.2, -0.15) is 0 Å². The van der Waals surface area contributed by atoms with E-state index in [1.165, 1.54) is 6.07 Å². The van der Waals surface area contributed by atoms with Crippen LogP contribution in [0.3, 0.4) is 0 Å². The van der Waals surface area contributed by atoms with Gasteiger partial charge in [-0.3, -0.25) is 4.79 Å². The van der Waals surface area contributed by atoms with Gasteiger partial charge >= 0.3 is 0 Å². The predicted octanol–water partition coefficient (Wildman–Crippen LogP) is 4.16. The summed E-state index contributed by atoms with van der Waals surface area (Å²) in [5, 5.41) is 9.00. The van der Waals surface area contributed by atoms with Crippen LogP contribution in [0.5, 0.6) is 0 Å². The Morgan fingerprint density at radius 1 is 1.19 bits per heavy atom. The molecule has 0 fully saturated rings. The largest absolute Gasteiger partial charge is 0.351 e. The van der Waals surface area contributed by atoms with Gasteiger partial charge in [0.15, 0.2) is 16.7 Å². The van der Waals surface area contributed by atoms with Crippen molar-refractivity contribution >= 4 is 44.9 Å². The summed E-state index contributed by atoms with van der Waals surface area (Å²) in [5.74, 6) is -2.45. The summed E-state index contributed by atoms with van der Waals surface area (Å²) in [6, 6.07) is 10.2. The van der Waals surface area contributed by atoms with Crippen LogP contribution in [-0.4, -0.2) is 11.0 Å². The molecule has 1 unspecified atom stereocenters. The predicted molar refractivity (Wildman–Crippen MR) is 103 cm³/mol. The summed E-state index contributed by atoms with van der Waals surface area (Å²) in [6.45, 7) is 1.73. The van der Waals surface area contributed by atoms with Crippen LogP contribution in [0.4, 0.5) is 14.5 Å². The van der Waals surface area contributed by atoms with Gasteiger partial charge in [-0.25, -0.2) is 8.78 Å². The molecule has 1 heterocycles. The molecule has 0 spiro atoms. The number of allylic oxidation sites excluding steroid dienone is 1. The van der Waals surface area contributed by atoms with Gasteiger partial charge in [-0.1, -0.05) is 34.1 Å². The summed E-state index contributed by atoms with van der Waals surface area (Å²) >= 11 is 8.69. The smallest absolute Gasteiger partial charge is 0.255 e. The van der Waals surface area contributed by atoms with E-state index in [0.29, 0.717) is 16.4 Å². The van der Waals surface area contributed by atoms with Gasteiger partial charge in [-0.05, 0) is 42.9 Å². The average Bonchev–Trinajstić information content (AvgIpc) is 2.57. The second-order valence-electron chi connectivity index (χ2n) is 5.67. The summed E-state index contributed by atoms with van der Waals surface area (Å²) in [7, 11) is 0. The number of thiocarbonyl (C=S) groups is 1. The molecule has 1 aliphatic rings. The number of nitrogens with one attached hydrogen (secondary N) is 3. The molecule has 0 bridgehead atoms. The molecule has 4 nitrogen and oxygen atoms in total. The maximum absolute atomic E-state index is 13.4. The van der Waals surface area contributed by atoms with Gasteiger partial charge in [-0.15, -0.1) is 0 Å². The molecule has 3 N–H and O–H groups in total. The van der Waals surface area contributed by atoms with Gasteiger partial charge in [0.25, 0.3) is 5.91 Å². The first-order valence-corrected chi connectivity index (χ1v) is 8.86. The van der Waals surface area contributed by atoms with Crippen LogP contribution in [0.2, 0.25) is 0 Å². The molecule has 2 aromatic carbocycles. The van der Waals surface area contributed by atoms with Crippen LogP contribution >= 0.6 is 28.1 Å². The number of hydrogen-bond acceptors (Lipinski definition) is 2. The second-order valence-corrected chi connectivity index (χ2v) is 6.94. The number of anilines is 1. The van der Waals surface area contributed by atoms with Crippen molar-refractivity contribution in [3.05, 3.63) is 75.4 Å². The minimum Gasteiger partial charge on any atom is -0.351 e. The van der Waals surface area contributed by atoms with Crippen LogP contribution in [0, 0.1) is 11.6 Å². The van der Waals surface area contributed by atoms with Crippen LogP contribution in [0.25, 0.3) is 0 Å². The zero-order valence-electron chi connectivity index (χ0n) is 13.6. The number of halogens is 3. The Morgan fingerprint density at radius 3 is 2.62 bits per heavy atom. The van der Waals surface area contributed by atoms with E-state index in [4.69, 9.17) is 12.2 Å². The van der Waals surface area contributed by atoms with Crippen molar-refractivity contribution in [3.63, 3.8) is 0 Å². The number of amides is 1. The van der Waals surface area contributed by atoms with E-state index in [9.17, 15) is 13.6 Å². The van der Waals surface area contributed by atoms with Crippen molar-refractivity contribution in [2.75, 3.05) is 5.32 Å². The van der Waals surface area contributed by atoms with Crippen LogP contribution in [0.15, 0.2) is 58.2 Å². The van der Waals surface area contributed by atoms with E-state index in [2.05, 4.69) is 31.9 Å². The second kappa shape index (κ2) is 7.51. The van der Waals surface area contributed by atoms with Crippen LogP contribution < -0.4 is 16.0 Å². The molecular formula is C18H14BrF2N3OS. The average molecular weight is 438 g/mol. The quantitative estimate of drug-likeness (QED) is 0.631. The first kappa shape index (κ1) is 18.5. The van der Waals surface area contributed by atoms with E-state index in [0.717, 1.165) is 22.2 Å². The van der Waals surface area contributed by atoms with Crippen molar-refractivity contribution in [3.8, 4) is 0 Å². The monoisotopic (exact) mass is 437 g/mol. The molecule has 3 rings (SSSR count). The maximum Gasteiger partial charge on any atom is 0.255 e. The Kier molecular flexibility index (Phi) is 5.33. The van der Waals surface area contributed by atoms with E-state index in [1.807, 2.05) is 24.3 Å². The lowest BCUT2D eigenvalue weighted by Gasteiger charge is -2.31. The number of carbonyl (C=O) groups excluding carboxylic acids is 1. The van der Waals surface area contributed by atoms with Crippen molar-refractivity contribution in [2.24, 2.45) is 0 Å². The fourth-order valence-corrected chi connectivity index (χ4v) is 3.49. The lowest BCUT2D eigenvalue weighted by Crippen LogP contribution is -2.45. The zero-order chi connectivity index (χ0) is 18.8. The van der Waals surface area contributed by atoms with E-state index >= 15 is 0 Å². The lowest BCUT2D eigenvalue weighted by atomic mass is 9.95. The summed E-state index contributed by atoms with van der Waals surface area (Å²) in [6.07, 6.45) is 0. The lowest BCUT2D eigenvalue weighted by molar-refractivity contribution is -0.113. The van der Waals surface area contributed by atoms with Gasteiger partial charge in [0.2, 0.25) is 0 Å². The third-order valence-electron chi connectivity index (χ3n) is 3.91. The van der Waals surface area contributed by atoms with E-state index in [1.54, 1.807) is 6.92 Å². The fraction of sp³-hybridized carbons (Fsp3) is 0.111. The summed E-state index contributed by atoms with van der Waals surface area (Å²) in [5.41, 5.74) is 1.96. The third-order valence-corrected chi connectivity index (χ3v) is 4.85. The minimum absolute atomic E-state index is 0.160. The van der Waals surface area contributed by atoms with Crippen LogP contribution in [-0.2, 0) is 4.79 Å². The molecule has 1 atom stereocenters. The van der Waals surface area contributed by atoms with E-state index in [-0.39, 0.29) is 5.69 Å². The molecule has 0 radical (unpaired) electrons. The fourth-order valence-electron chi connectivity index (χ4n) is 2.71. The topological polar surface area (TPSA) is 53.2 Å². The Hall–Kier alpha value is -2.32. The molecule has 1 amide bonds. The molecule has 0 aliphatic carbocycles. The molecular weight excluding hydrogens is 424 g/mol. The van der Waals surface area contributed by atoms with Crippen molar-refractivity contribution in [1.29, 1.82) is 0 Å². The maximum atomic E-state index is 13.4. The first-order valence-electron chi connectivity index (χ1n) is 7.66. The number of carbonyl (C=O) groups is 1. The highest BCUT2D eigenvalue weighted by molar-refractivity contribution is 9.10.